The normalized spacial score (nSPS) is 53.6. The van der Waals surface area contributed by atoms with E-state index in [0.29, 0.717) is 24.0 Å². The molecule has 0 radical (unpaired) electrons. The first-order valence-electron chi connectivity index (χ1n) is 4.54. The predicted octanol–water partition coefficient (Wildman–Crippen LogP) is 0.583. The molecule has 0 aromatic heterocycles. The van der Waals surface area contributed by atoms with E-state index in [4.69, 9.17) is 9.47 Å². The fourth-order valence-electron chi connectivity index (χ4n) is 3.02. The van der Waals surface area contributed by atoms with Gasteiger partial charge in [-0.3, -0.25) is 4.79 Å². The summed E-state index contributed by atoms with van der Waals surface area (Å²) in [7, 11) is 1.47. The van der Waals surface area contributed by atoms with E-state index in [1.165, 1.54) is 13.5 Å². The van der Waals surface area contributed by atoms with Crippen LogP contribution in [0.2, 0.25) is 0 Å². The van der Waals surface area contributed by atoms with Crippen LogP contribution in [-0.4, -0.2) is 25.3 Å². The Morgan fingerprint density at radius 2 is 2.25 bits per heavy atom. The Morgan fingerprint density at radius 3 is 2.83 bits per heavy atom. The molecule has 0 spiro atoms. The van der Waals surface area contributed by atoms with Gasteiger partial charge >= 0.3 is 5.97 Å². The molecule has 2 saturated carbocycles. The Labute approximate surface area is 71.0 Å². The minimum absolute atomic E-state index is 0.0311. The Morgan fingerprint density at radius 1 is 1.42 bits per heavy atom. The standard InChI is InChI=1S/C9H12O3/c1-11-9(10)6-3-4-2-5(6)8-7(4)12-8/h4-8H,2-3H2,1H3/t4-,5+,6+,7-,8+/m1/s1. The molecule has 3 aliphatic rings. The fourth-order valence-corrected chi connectivity index (χ4v) is 3.02. The largest absolute Gasteiger partial charge is 0.469 e. The van der Waals surface area contributed by atoms with Crippen molar-refractivity contribution in [3.63, 3.8) is 0 Å². The second-order valence-corrected chi connectivity index (χ2v) is 4.09. The van der Waals surface area contributed by atoms with Crippen molar-refractivity contribution in [1.82, 2.24) is 0 Å². The summed E-state index contributed by atoms with van der Waals surface area (Å²) in [5.74, 6) is 1.25. The summed E-state index contributed by atoms with van der Waals surface area (Å²) in [6, 6.07) is 0. The van der Waals surface area contributed by atoms with Crippen LogP contribution in [0, 0.1) is 17.8 Å². The third kappa shape index (κ3) is 0.678. The first-order valence-corrected chi connectivity index (χ1v) is 4.54. The number of methoxy groups -OCH3 is 1. The average Bonchev–Trinajstić information content (AvgIpc) is 2.71. The summed E-state index contributed by atoms with van der Waals surface area (Å²) in [4.78, 5) is 11.3. The molecule has 12 heavy (non-hydrogen) atoms. The molecule has 3 nitrogen and oxygen atoms in total. The van der Waals surface area contributed by atoms with Crippen LogP contribution in [-0.2, 0) is 14.3 Å². The number of carbonyl (C=O) groups excluding carboxylic acids is 1. The maximum Gasteiger partial charge on any atom is 0.309 e. The van der Waals surface area contributed by atoms with Crippen LogP contribution >= 0.6 is 0 Å². The van der Waals surface area contributed by atoms with Gasteiger partial charge in [0.1, 0.15) is 0 Å². The van der Waals surface area contributed by atoms with Crippen LogP contribution in [0.15, 0.2) is 0 Å². The molecule has 3 fully saturated rings. The van der Waals surface area contributed by atoms with Gasteiger partial charge in [-0.2, -0.15) is 0 Å². The van der Waals surface area contributed by atoms with Gasteiger partial charge in [0.2, 0.25) is 0 Å². The summed E-state index contributed by atoms with van der Waals surface area (Å²) in [5, 5.41) is 0. The summed E-state index contributed by atoms with van der Waals surface area (Å²) < 4.78 is 10.2. The molecule has 0 unspecified atom stereocenters. The van der Waals surface area contributed by atoms with Crippen LogP contribution in [0.3, 0.4) is 0 Å². The SMILES string of the molecule is COC(=O)[C@H]1C[C@H]2C[C@@H]1[C@@H]1O[C@H]21. The molecule has 0 aromatic carbocycles. The molecular formula is C9H12O3. The Kier molecular flexibility index (Phi) is 1.16. The lowest BCUT2D eigenvalue weighted by atomic mass is 9.89. The van der Waals surface area contributed by atoms with Crippen molar-refractivity contribution >= 4 is 5.97 Å². The van der Waals surface area contributed by atoms with E-state index >= 15 is 0 Å². The van der Waals surface area contributed by atoms with Gasteiger partial charge in [0.15, 0.2) is 0 Å². The third-order valence-corrected chi connectivity index (χ3v) is 3.60. The van der Waals surface area contributed by atoms with Crippen LogP contribution in [0.4, 0.5) is 0 Å². The van der Waals surface area contributed by atoms with Crippen molar-refractivity contribution in [3.05, 3.63) is 0 Å². The Balaban J connectivity index is 1.80. The zero-order valence-electron chi connectivity index (χ0n) is 7.03. The summed E-state index contributed by atoms with van der Waals surface area (Å²) in [6.07, 6.45) is 3.11. The summed E-state index contributed by atoms with van der Waals surface area (Å²) >= 11 is 0. The topological polar surface area (TPSA) is 38.8 Å². The Hall–Kier alpha value is -0.570. The fraction of sp³-hybridized carbons (Fsp3) is 0.889. The van der Waals surface area contributed by atoms with Gasteiger partial charge in [-0.1, -0.05) is 0 Å². The molecule has 1 saturated heterocycles. The van der Waals surface area contributed by atoms with E-state index in [9.17, 15) is 4.79 Å². The maximum absolute atomic E-state index is 11.3. The quantitative estimate of drug-likeness (QED) is 0.424. The zero-order chi connectivity index (χ0) is 8.29. The number of carbonyl (C=O) groups is 1. The van der Waals surface area contributed by atoms with Gasteiger partial charge in [0.25, 0.3) is 0 Å². The Bertz CT molecular complexity index is 238. The number of epoxide rings is 1. The lowest BCUT2D eigenvalue weighted by Crippen LogP contribution is -2.26. The first-order chi connectivity index (χ1) is 5.81. The van der Waals surface area contributed by atoms with Crippen molar-refractivity contribution in [1.29, 1.82) is 0 Å². The summed E-state index contributed by atoms with van der Waals surface area (Å²) in [5.41, 5.74) is 0. The lowest BCUT2D eigenvalue weighted by Gasteiger charge is -2.15. The molecule has 0 amide bonds. The number of esters is 1. The molecule has 0 aromatic rings. The highest BCUT2D eigenvalue weighted by molar-refractivity contribution is 5.73. The lowest BCUT2D eigenvalue weighted by molar-refractivity contribution is -0.147. The maximum atomic E-state index is 11.3. The van der Waals surface area contributed by atoms with E-state index in [1.807, 2.05) is 0 Å². The monoisotopic (exact) mass is 168 g/mol. The second-order valence-electron chi connectivity index (χ2n) is 4.09. The number of ether oxygens (including phenoxy) is 2. The average molecular weight is 168 g/mol. The molecule has 0 N–H and O–H groups in total. The van der Waals surface area contributed by atoms with Gasteiger partial charge in [-0.15, -0.1) is 0 Å². The van der Waals surface area contributed by atoms with Gasteiger partial charge in [0, 0.05) is 5.92 Å². The highest BCUT2D eigenvalue weighted by atomic mass is 16.6. The van der Waals surface area contributed by atoms with Gasteiger partial charge < -0.3 is 9.47 Å². The zero-order valence-corrected chi connectivity index (χ0v) is 7.03. The molecule has 5 atom stereocenters. The molecule has 1 aliphatic heterocycles. The van der Waals surface area contributed by atoms with Crippen LogP contribution in [0.1, 0.15) is 12.8 Å². The highest BCUT2D eigenvalue weighted by Crippen LogP contribution is 2.58. The minimum atomic E-state index is -0.0311. The van der Waals surface area contributed by atoms with Crippen molar-refractivity contribution in [3.8, 4) is 0 Å². The molecule has 1 heterocycles. The highest BCUT2D eigenvalue weighted by Gasteiger charge is 2.64. The minimum Gasteiger partial charge on any atom is -0.469 e. The molecule has 3 rings (SSSR count). The van der Waals surface area contributed by atoms with Crippen LogP contribution in [0.25, 0.3) is 0 Å². The van der Waals surface area contributed by atoms with Crippen molar-refractivity contribution < 1.29 is 14.3 Å². The first kappa shape index (κ1) is 6.89. The van der Waals surface area contributed by atoms with E-state index < -0.39 is 0 Å². The van der Waals surface area contributed by atoms with Gasteiger partial charge in [-0.05, 0) is 18.8 Å². The van der Waals surface area contributed by atoms with Crippen molar-refractivity contribution in [2.75, 3.05) is 7.11 Å². The molecule has 66 valence electrons. The number of hydrogen-bond acceptors (Lipinski definition) is 3. The summed E-state index contributed by atoms with van der Waals surface area (Å²) in [6.45, 7) is 0. The molecular weight excluding hydrogens is 156 g/mol. The smallest absolute Gasteiger partial charge is 0.309 e. The van der Waals surface area contributed by atoms with E-state index in [1.54, 1.807) is 0 Å². The van der Waals surface area contributed by atoms with Gasteiger partial charge in [-0.25, -0.2) is 0 Å². The molecule has 2 bridgehead atoms. The van der Waals surface area contributed by atoms with E-state index in [2.05, 4.69) is 0 Å². The predicted molar refractivity (Wildman–Crippen MR) is 40.4 cm³/mol. The van der Waals surface area contributed by atoms with E-state index in [-0.39, 0.29) is 11.9 Å². The second kappa shape index (κ2) is 2.02. The number of hydrogen-bond donors (Lipinski definition) is 0. The number of fused-ring (bicyclic) bond motifs is 5. The number of rotatable bonds is 1. The third-order valence-electron chi connectivity index (χ3n) is 3.60. The van der Waals surface area contributed by atoms with Crippen molar-refractivity contribution in [2.45, 2.75) is 25.0 Å². The molecule has 2 aliphatic carbocycles. The van der Waals surface area contributed by atoms with Crippen molar-refractivity contribution in [2.24, 2.45) is 17.8 Å². The molecule has 3 heteroatoms. The van der Waals surface area contributed by atoms with Crippen LogP contribution < -0.4 is 0 Å². The van der Waals surface area contributed by atoms with Gasteiger partial charge in [0.05, 0.1) is 25.2 Å². The van der Waals surface area contributed by atoms with E-state index in [0.717, 1.165) is 6.42 Å². The van der Waals surface area contributed by atoms with Crippen LogP contribution in [0.5, 0.6) is 0 Å².